The van der Waals surface area contributed by atoms with Crippen LogP contribution in [0.3, 0.4) is 0 Å². The molecule has 0 atom stereocenters. The lowest BCUT2D eigenvalue weighted by atomic mass is 10.1. The number of nitrogens with zero attached hydrogens (tertiary/aromatic N) is 1. The van der Waals surface area contributed by atoms with Gasteiger partial charge >= 0.3 is 0 Å². The van der Waals surface area contributed by atoms with E-state index in [0.717, 1.165) is 4.88 Å². The van der Waals surface area contributed by atoms with Crippen LogP contribution in [-0.4, -0.2) is 25.1 Å². The fourth-order valence-corrected chi connectivity index (χ4v) is 3.86. The van der Waals surface area contributed by atoms with Crippen LogP contribution in [0.1, 0.15) is 16.0 Å². The van der Waals surface area contributed by atoms with Gasteiger partial charge in [-0.25, -0.2) is 13.4 Å². The number of aryl methyl sites for hydroxylation is 2. The maximum Gasteiger partial charge on any atom is 0.263 e. The number of rotatable bonds is 3. The number of hydrogen-bond acceptors (Lipinski definition) is 5. The van der Waals surface area contributed by atoms with Gasteiger partial charge in [0.25, 0.3) is 10.0 Å². The fourth-order valence-electron chi connectivity index (χ4n) is 1.68. The Labute approximate surface area is 127 Å². The number of aliphatic hydroxyl groups is 1. The highest BCUT2D eigenvalue weighted by atomic mass is 32.2. The predicted octanol–water partition coefficient (Wildman–Crippen LogP) is 1.90. The molecule has 110 valence electrons. The van der Waals surface area contributed by atoms with Crippen molar-refractivity contribution in [3.05, 3.63) is 40.4 Å². The lowest BCUT2D eigenvalue weighted by Gasteiger charge is -2.08. The zero-order valence-corrected chi connectivity index (χ0v) is 13.2. The van der Waals surface area contributed by atoms with Crippen LogP contribution in [0.5, 0.6) is 0 Å². The van der Waals surface area contributed by atoms with Crippen molar-refractivity contribution >= 4 is 26.5 Å². The van der Waals surface area contributed by atoms with Gasteiger partial charge in [-0.05, 0) is 31.5 Å². The molecule has 1 aromatic heterocycles. The van der Waals surface area contributed by atoms with E-state index in [-0.39, 0.29) is 11.5 Å². The quantitative estimate of drug-likeness (QED) is 0.846. The molecule has 2 rings (SSSR count). The molecule has 0 aliphatic rings. The van der Waals surface area contributed by atoms with E-state index in [4.69, 9.17) is 5.11 Å². The van der Waals surface area contributed by atoms with Gasteiger partial charge in [-0.1, -0.05) is 17.9 Å². The summed E-state index contributed by atoms with van der Waals surface area (Å²) < 4.78 is 27.3. The lowest BCUT2D eigenvalue weighted by Crippen LogP contribution is -2.14. The summed E-state index contributed by atoms with van der Waals surface area (Å²) in [7, 11) is -3.71. The molecule has 0 aliphatic heterocycles. The van der Waals surface area contributed by atoms with Gasteiger partial charge in [0, 0.05) is 16.6 Å². The molecule has 1 heterocycles. The first-order valence-electron chi connectivity index (χ1n) is 6.08. The maximum atomic E-state index is 12.4. The molecule has 0 aliphatic carbocycles. The van der Waals surface area contributed by atoms with E-state index in [1.807, 2.05) is 6.92 Å². The number of nitrogens with one attached hydrogen (secondary N) is 1. The molecule has 0 amide bonds. The van der Waals surface area contributed by atoms with Crippen LogP contribution < -0.4 is 4.72 Å². The first kappa shape index (κ1) is 15.5. The van der Waals surface area contributed by atoms with Crippen molar-refractivity contribution in [1.29, 1.82) is 0 Å². The number of sulfonamides is 1. The summed E-state index contributed by atoms with van der Waals surface area (Å²) in [5.41, 5.74) is 1.15. The van der Waals surface area contributed by atoms with Crippen molar-refractivity contribution in [3.63, 3.8) is 0 Å². The summed E-state index contributed by atoms with van der Waals surface area (Å²) >= 11 is 1.27. The SMILES string of the molecule is Cc1cnc(NS(=O)(=O)c2cc(C#CCO)ccc2C)s1. The molecule has 0 unspecified atom stereocenters. The third-order valence-corrected chi connectivity index (χ3v) is 5.07. The minimum Gasteiger partial charge on any atom is -0.384 e. The molecule has 0 saturated heterocycles. The second kappa shape index (κ2) is 6.26. The Kier molecular flexibility index (Phi) is 4.63. The van der Waals surface area contributed by atoms with E-state index in [0.29, 0.717) is 16.3 Å². The Hall–Kier alpha value is -1.88. The average molecular weight is 322 g/mol. The van der Waals surface area contributed by atoms with Crippen molar-refractivity contribution in [2.75, 3.05) is 11.3 Å². The van der Waals surface area contributed by atoms with Gasteiger partial charge in [0.15, 0.2) is 5.13 Å². The van der Waals surface area contributed by atoms with Crippen LogP contribution in [0.4, 0.5) is 5.13 Å². The third-order valence-electron chi connectivity index (χ3n) is 2.63. The highest BCUT2D eigenvalue weighted by molar-refractivity contribution is 7.93. The average Bonchev–Trinajstić information content (AvgIpc) is 2.82. The monoisotopic (exact) mass is 322 g/mol. The second-order valence-corrected chi connectivity index (χ2v) is 7.21. The standard InChI is InChI=1S/C14H14N2O3S2/c1-10-5-6-12(4-3-7-17)8-13(10)21(18,19)16-14-15-9-11(2)20-14/h5-6,8-9,17H,7H2,1-2H3,(H,15,16). The Morgan fingerprint density at radius 1 is 1.38 bits per heavy atom. The van der Waals surface area contributed by atoms with E-state index >= 15 is 0 Å². The van der Waals surface area contributed by atoms with Gasteiger partial charge in [0.2, 0.25) is 0 Å². The summed E-state index contributed by atoms with van der Waals surface area (Å²) in [5.74, 6) is 5.19. The third kappa shape index (κ3) is 3.82. The molecule has 0 saturated carbocycles. The van der Waals surface area contributed by atoms with Crippen molar-refractivity contribution in [1.82, 2.24) is 4.98 Å². The predicted molar refractivity (Wildman–Crippen MR) is 82.8 cm³/mol. The van der Waals surface area contributed by atoms with E-state index in [9.17, 15) is 8.42 Å². The zero-order chi connectivity index (χ0) is 15.5. The summed E-state index contributed by atoms with van der Waals surface area (Å²) in [5, 5.41) is 9.03. The summed E-state index contributed by atoms with van der Waals surface area (Å²) in [4.78, 5) is 5.07. The van der Waals surface area contributed by atoms with Crippen LogP contribution >= 0.6 is 11.3 Å². The largest absolute Gasteiger partial charge is 0.384 e. The second-order valence-electron chi connectivity index (χ2n) is 4.32. The number of aromatic nitrogens is 1. The Balaban J connectivity index is 2.39. The van der Waals surface area contributed by atoms with E-state index in [2.05, 4.69) is 21.5 Å². The zero-order valence-electron chi connectivity index (χ0n) is 11.5. The molecule has 7 heteroatoms. The molecular formula is C14H14N2O3S2. The van der Waals surface area contributed by atoms with Gasteiger partial charge in [-0.15, -0.1) is 11.3 Å². The molecule has 2 aromatic rings. The fraction of sp³-hybridized carbons (Fsp3) is 0.214. The maximum absolute atomic E-state index is 12.4. The smallest absolute Gasteiger partial charge is 0.263 e. The highest BCUT2D eigenvalue weighted by Gasteiger charge is 2.18. The summed E-state index contributed by atoms with van der Waals surface area (Å²) in [6.45, 7) is 3.29. The number of thiazole rings is 1. The van der Waals surface area contributed by atoms with Crippen molar-refractivity contribution in [2.24, 2.45) is 0 Å². The van der Waals surface area contributed by atoms with Gasteiger partial charge in [-0.3, -0.25) is 4.72 Å². The van der Waals surface area contributed by atoms with Crippen molar-refractivity contribution < 1.29 is 13.5 Å². The minimum atomic E-state index is -3.71. The molecule has 0 fully saturated rings. The van der Waals surface area contributed by atoms with Crippen LogP contribution in [0, 0.1) is 25.7 Å². The van der Waals surface area contributed by atoms with E-state index in [1.54, 1.807) is 25.3 Å². The van der Waals surface area contributed by atoms with Gasteiger partial charge in [-0.2, -0.15) is 0 Å². The van der Waals surface area contributed by atoms with Crippen molar-refractivity contribution in [2.45, 2.75) is 18.7 Å². The lowest BCUT2D eigenvalue weighted by molar-refractivity contribution is 0.350. The molecule has 21 heavy (non-hydrogen) atoms. The van der Waals surface area contributed by atoms with Gasteiger partial charge < -0.3 is 5.11 Å². The Morgan fingerprint density at radius 2 is 2.14 bits per heavy atom. The number of anilines is 1. The molecule has 2 N–H and O–H groups in total. The van der Waals surface area contributed by atoms with Crippen LogP contribution in [0.15, 0.2) is 29.3 Å². The highest BCUT2D eigenvalue weighted by Crippen LogP contribution is 2.23. The molecule has 0 bridgehead atoms. The Bertz CT molecular complexity index is 814. The number of benzene rings is 1. The van der Waals surface area contributed by atoms with Gasteiger partial charge in [0.1, 0.15) is 6.61 Å². The van der Waals surface area contributed by atoms with Crippen LogP contribution in [-0.2, 0) is 10.0 Å². The van der Waals surface area contributed by atoms with Crippen molar-refractivity contribution in [3.8, 4) is 11.8 Å². The minimum absolute atomic E-state index is 0.153. The molecule has 5 nitrogen and oxygen atoms in total. The first-order valence-corrected chi connectivity index (χ1v) is 8.38. The molecule has 0 spiro atoms. The normalized spacial score (nSPS) is 10.8. The van der Waals surface area contributed by atoms with E-state index < -0.39 is 10.0 Å². The van der Waals surface area contributed by atoms with Crippen LogP contribution in [0.25, 0.3) is 0 Å². The molecular weight excluding hydrogens is 308 g/mol. The van der Waals surface area contributed by atoms with Gasteiger partial charge in [0.05, 0.1) is 4.90 Å². The summed E-state index contributed by atoms with van der Waals surface area (Å²) in [6, 6.07) is 4.88. The Morgan fingerprint density at radius 3 is 2.76 bits per heavy atom. The topological polar surface area (TPSA) is 79.3 Å². The summed E-state index contributed by atoms with van der Waals surface area (Å²) in [6.07, 6.45) is 1.61. The molecule has 0 radical (unpaired) electrons. The van der Waals surface area contributed by atoms with Crippen LogP contribution in [0.2, 0.25) is 0 Å². The van der Waals surface area contributed by atoms with E-state index in [1.165, 1.54) is 17.4 Å². The number of aliphatic hydroxyl groups excluding tert-OH is 1. The number of hydrogen-bond donors (Lipinski definition) is 2. The molecule has 1 aromatic carbocycles. The first-order chi connectivity index (χ1) is 9.92.